The Morgan fingerprint density at radius 2 is 1.74 bits per heavy atom. The molecule has 0 saturated heterocycles. The van der Waals surface area contributed by atoms with Gasteiger partial charge in [0.25, 0.3) is 0 Å². The highest BCUT2D eigenvalue weighted by atomic mass is 35.5. The van der Waals surface area contributed by atoms with Crippen molar-refractivity contribution in [2.45, 2.75) is 24.8 Å². The molecular formula is C19H23ClN2O4S. The molecule has 1 N–H and O–H groups in total. The first-order valence-electron chi connectivity index (χ1n) is 8.47. The Balaban J connectivity index is 2.07. The Hall–Kier alpha value is -2.09. The smallest absolute Gasteiger partial charge is 0.243 e. The summed E-state index contributed by atoms with van der Waals surface area (Å²) >= 11 is 5.87. The molecule has 0 aliphatic heterocycles. The molecule has 0 saturated carbocycles. The van der Waals surface area contributed by atoms with Gasteiger partial charge >= 0.3 is 0 Å². The summed E-state index contributed by atoms with van der Waals surface area (Å²) in [7, 11) is -2.27. The van der Waals surface area contributed by atoms with E-state index in [4.69, 9.17) is 16.3 Å². The molecule has 6 nitrogen and oxygen atoms in total. The van der Waals surface area contributed by atoms with Gasteiger partial charge in [-0.2, -0.15) is 4.31 Å². The van der Waals surface area contributed by atoms with Gasteiger partial charge in [0.2, 0.25) is 15.9 Å². The van der Waals surface area contributed by atoms with E-state index in [0.29, 0.717) is 10.8 Å². The van der Waals surface area contributed by atoms with Gasteiger partial charge in [0.1, 0.15) is 5.75 Å². The maximum atomic E-state index is 12.8. The average molecular weight is 411 g/mol. The molecule has 1 unspecified atom stereocenters. The van der Waals surface area contributed by atoms with Crippen LogP contribution in [0.25, 0.3) is 0 Å². The molecule has 2 aromatic rings. The van der Waals surface area contributed by atoms with Gasteiger partial charge in [0, 0.05) is 11.6 Å². The van der Waals surface area contributed by atoms with E-state index in [2.05, 4.69) is 5.32 Å². The number of methoxy groups -OCH3 is 1. The van der Waals surface area contributed by atoms with Gasteiger partial charge in [-0.3, -0.25) is 4.79 Å². The predicted octanol–water partition coefficient (Wildman–Crippen LogP) is 3.24. The second kappa shape index (κ2) is 9.21. The number of carbonyl (C=O) groups excluding carboxylic acids is 1. The van der Waals surface area contributed by atoms with Crippen molar-refractivity contribution in [2.24, 2.45) is 0 Å². The lowest BCUT2D eigenvalue weighted by Gasteiger charge is -2.22. The number of likely N-dealkylation sites (N-methyl/N-ethyl adjacent to an activating group) is 1. The van der Waals surface area contributed by atoms with E-state index in [1.807, 2.05) is 19.1 Å². The summed E-state index contributed by atoms with van der Waals surface area (Å²) in [5, 5.41) is 3.43. The highest BCUT2D eigenvalue weighted by Gasteiger charge is 2.25. The maximum absolute atomic E-state index is 12.8. The zero-order valence-electron chi connectivity index (χ0n) is 15.5. The minimum atomic E-state index is -3.78. The summed E-state index contributed by atoms with van der Waals surface area (Å²) in [5.41, 5.74) is 0.883. The lowest BCUT2D eigenvalue weighted by atomic mass is 10.1. The Labute approximate surface area is 165 Å². The van der Waals surface area contributed by atoms with Gasteiger partial charge in [-0.15, -0.1) is 0 Å². The van der Waals surface area contributed by atoms with E-state index in [-0.39, 0.29) is 29.9 Å². The van der Waals surface area contributed by atoms with Crippen LogP contribution in [0.5, 0.6) is 5.75 Å². The molecule has 0 heterocycles. The third-order valence-electron chi connectivity index (χ3n) is 4.12. The average Bonchev–Trinajstić information content (AvgIpc) is 2.66. The van der Waals surface area contributed by atoms with E-state index >= 15 is 0 Å². The highest BCUT2D eigenvalue weighted by molar-refractivity contribution is 7.89. The number of amides is 1. The van der Waals surface area contributed by atoms with Crippen LogP contribution in [0.1, 0.15) is 25.5 Å². The monoisotopic (exact) mass is 410 g/mol. The molecule has 0 spiro atoms. The third-order valence-corrected chi connectivity index (χ3v) is 6.30. The fraction of sp³-hybridized carbons (Fsp3) is 0.316. The van der Waals surface area contributed by atoms with E-state index < -0.39 is 10.0 Å². The number of carbonyl (C=O) groups is 1. The zero-order chi connectivity index (χ0) is 20.0. The first-order chi connectivity index (χ1) is 12.8. The number of ether oxygens (including phenoxy) is 1. The molecule has 1 amide bonds. The van der Waals surface area contributed by atoms with Crippen LogP contribution in [0.3, 0.4) is 0 Å². The van der Waals surface area contributed by atoms with Crippen molar-refractivity contribution < 1.29 is 17.9 Å². The molecule has 146 valence electrons. The number of rotatable bonds is 8. The molecule has 0 fully saturated rings. The van der Waals surface area contributed by atoms with Crippen molar-refractivity contribution in [3.63, 3.8) is 0 Å². The summed E-state index contributed by atoms with van der Waals surface area (Å²) in [5.74, 6) is 0.183. The molecule has 8 heteroatoms. The molecular weight excluding hydrogens is 388 g/mol. The summed E-state index contributed by atoms with van der Waals surface area (Å²) in [6.45, 7) is 3.44. The third kappa shape index (κ3) is 5.45. The van der Waals surface area contributed by atoms with Crippen LogP contribution in [0.2, 0.25) is 5.02 Å². The Morgan fingerprint density at radius 3 is 2.26 bits per heavy atom. The normalized spacial score (nSPS) is 12.6. The van der Waals surface area contributed by atoms with Gasteiger partial charge in [-0.05, 0) is 48.9 Å². The summed E-state index contributed by atoms with van der Waals surface area (Å²) in [6, 6.07) is 12.9. The van der Waals surface area contributed by atoms with Crippen LogP contribution in [0.4, 0.5) is 0 Å². The fourth-order valence-corrected chi connectivity index (χ4v) is 4.08. The van der Waals surface area contributed by atoms with Crippen molar-refractivity contribution in [1.29, 1.82) is 0 Å². The van der Waals surface area contributed by atoms with Crippen molar-refractivity contribution in [3.05, 3.63) is 59.1 Å². The lowest BCUT2D eigenvalue weighted by Crippen LogP contribution is -2.41. The number of nitrogens with zero attached hydrogens (tertiary/aromatic N) is 1. The van der Waals surface area contributed by atoms with Crippen molar-refractivity contribution >= 4 is 27.5 Å². The molecule has 2 aromatic carbocycles. The summed E-state index contributed by atoms with van der Waals surface area (Å²) in [6.07, 6.45) is 0. The first-order valence-corrected chi connectivity index (χ1v) is 10.3. The van der Waals surface area contributed by atoms with Crippen molar-refractivity contribution in [3.8, 4) is 5.75 Å². The van der Waals surface area contributed by atoms with Crippen LogP contribution in [0, 0.1) is 0 Å². The van der Waals surface area contributed by atoms with E-state index in [0.717, 1.165) is 9.87 Å². The molecule has 0 aromatic heterocycles. The van der Waals surface area contributed by atoms with E-state index in [1.54, 1.807) is 31.2 Å². The Bertz CT molecular complexity index is 868. The molecule has 0 radical (unpaired) electrons. The molecule has 0 bridgehead atoms. The number of sulfonamides is 1. The molecule has 1 atom stereocenters. The van der Waals surface area contributed by atoms with Gasteiger partial charge < -0.3 is 10.1 Å². The van der Waals surface area contributed by atoms with Gasteiger partial charge in [-0.25, -0.2) is 8.42 Å². The predicted molar refractivity (Wildman–Crippen MR) is 105 cm³/mol. The van der Waals surface area contributed by atoms with Crippen LogP contribution >= 0.6 is 11.6 Å². The molecule has 0 aliphatic carbocycles. The number of hydrogen-bond donors (Lipinski definition) is 1. The van der Waals surface area contributed by atoms with Crippen molar-refractivity contribution in [1.82, 2.24) is 9.62 Å². The first kappa shape index (κ1) is 21.2. The number of hydrogen-bond acceptors (Lipinski definition) is 4. The summed E-state index contributed by atoms with van der Waals surface area (Å²) < 4.78 is 31.7. The molecule has 2 rings (SSSR count). The van der Waals surface area contributed by atoms with Gasteiger partial charge in [0.15, 0.2) is 0 Å². The number of benzene rings is 2. The van der Waals surface area contributed by atoms with Crippen LogP contribution < -0.4 is 10.1 Å². The lowest BCUT2D eigenvalue weighted by molar-refractivity contribution is -0.121. The Kier molecular flexibility index (Phi) is 7.24. The van der Waals surface area contributed by atoms with E-state index in [9.17, 15) is 13.2 Å². The second-order valence-corrected chi connectivity index (χ2v) is 8.32. The van der Waals surface area contributed by atoms with Gasteiger partial charge in [0.05, 0.1) is 24.6 Å². The minimum Gasteiger partial charge on any atom is -0.497 e. The largest absolute Gasteiger partial charge is 0.497 e. The van der Waals surface area contributed by atoms with Crippen LogP contribution in [-0.2, 0) is 14.8 Å². The zero-order valence-corrected chi connectivity index (χ0v) is 17.0. The van der Waals surface area contributed by atoms with Crippen LogP contribution in [0.15, 0.2) is 53.4 Å². The minimum absolute atomic E-state index is 0.115. The Morgan fingerprint density at radius 1 is 1.15 bits per heavy atom. The van der Waals surface area contributed by atoms with Crippen LogP contribution in [-0.4, -0.2) is 38.8 Å². The SMILES string of the molecule is CCN(CC(=O)NC(C)c1ccc(Cl)cc1)S(=O)(=O)c1ccc(OC)cc1. The molecule has 0 aliphatic rings. The van der Waals surface area contributed by atoms with E-state index in [1.165, 1.54) is 19.2 Å². The standard InChI is InChI=1S/C19H23ClN2O4S/c1-4-22(27(24,25)18-11-9-17(26-3)10-12-18)13-19(23)21-14(2)15-5-7-16(20)8-6-15/h5-12,14H,4,13H2,1-3H3,(H,21,23). The molecule has 27 heavy (non-hydrogen) atoms. The number of nitrogens with one attached hydrogen (secondary N) is 1. The topological polar surface area (TPSA) is 75.7 Å². The van der Waals surface area contributed by atoms with Gasteiger partial charge in [-0.1, -0.05) is 30.7 Å². The number of halogens is 1. The second-order valence-electron chi connectivity index (χ2n) is 5.95. The fourth-order valence-electron chi connectivity index (χ4n) is 2.55. The summed E-state index contributed by atoms with van der Waals surface area (Å²) in [4.78, 5) is 12.5. The van der Waals surface area contributed by atoms with Crippen molar-refractivity contribution in [2.75, 3.05) is 20.2 Å². The highest BCUT2D eigenvalue weighted by Crippen LogP contribution is 2.20. The maximum Gasteiger partial charge on any atom is 0.243 e. The quantitative estimate of drug-likeness (QED) is 0.724.